The largest absolute Gasteiger partial charge is 0.494 e. The highest BCUT2D eigenvalue weighted by atomic mass is 32.2. The number of ether oxygens (including phenoxy) is 1. The van der Waals surface area contributed by atoms with E-state index in [0.717, 1.165) is 28.2 Å². The number of benzene rings is 1. The molecule has 0 aliphatic rings. The van der Waals surface area contributed by atoms with Crippen LogP contribution in [-0.2, 0) is 5.75 Å². The zero-order valence-electron chi connectivity index (χ0n) is 13.3. The van der Waals surface area contributed by atoms with Crippen molar-refractivity contribution >= 4 is 28.1 Å². The minimum absolute atomic E-state index is 0.125. The first kappa shape index (κ1) is 17.2. The summed E-state index contributed by atoms with van der Waals surface area (Å²) in [6, 6.07) is 9.00. The van der Waals surface area contributed by atoms with Gasteiger partial charge in [-0.3, -0.25) is 10.1 Å². The number of rotatable bonds is 7. The first-order chi connectivity index (χ1) is 12.1. The van der Waals surface area contributed by atoms with Gasteiger partial charge in [0.2, 0.25) is 5.16 Å². The van der Waals surface area contributed by atoms with Gasteiger partial charge in [0.15, 0.2) is 5.82 Å². The smallest absolute Gasteiger partial charge is 0.324 e. The molecule has 0 fully saturated rings. The molecule has 25 heavy (non-hydrogen) atoms. The summed E-state index contributed by atoms with van der Waals surface area (Å²) in [7, 11) is 0. The van der Waals surface area contributed by atoms with E-state index in [1.807, 2.05) is 31.2 Å². The third-order valence-corrected chi connectivity index (χ3v) is 5.22. The molecule has 0 amide bonds. The van der Waals surface area contributed by atoms with Crippen LogP contribution >= 0.6 is 23.1 Å². The molecule has 0 saturated carbocycles. The number of thiophene rings is 1. The van der Waals surface area contributed by atoms with E-state index in [2.05, 4.69) is 10.2 Å². The van der Waals surface area contributed by atoms with Crippen molar-refractivity contribution in [1.82, 2.24) is 14.9 Å². The lowest BCUT2D eigenvalue weighted by Gasteiger charge is -2.05. The average molecular weight is 377 g/mol. The van der Waals surface area contributed by atoms with E-state index in [9.17, 15) is 10.1 Å². The first-order valence-corrected chi connectivity index (χ1v) is 9.23. The van der Waals surface area contributed by atoms with E-state index in [0.29, 0.717) is 23.3 Å². The summed E-state index contributed by atoms with van der Waals surface area (Å²) < 4.78 is 6.83. The lowest BCUT2D eigenvalue weighted by Crippen LogP contribution is -2.11. The normalized spacial score (nSPS) is 10.8. The Labute approximate surface area is 151 Å². The van der Waals surface area contributed by atoms with Gasteiger partial charge in [0.25, 0.3) is 0 Å². The van der Waals surface area contributed by atoms with Gasteiger partial charge >= 0.3 is 5.00 Å². The summed E-state index contributed by atoms with van der Waals surface area (Å²) in [5, 5.41) is 21.4. The summed E-state index contributed by atoms with van der Waals surface area (Å²) >= 11 is 2.48. The second-order valence-corrected chi connectivity index (χ2v) is 6.80. The molecular formula is C15H15N5O3S2. The average Bonchev–Trinajstić information content (AvgIpc) is 3.21. The molecule has 2 N–H and O–H groups in total. The first-order valence-electron chi connectivity index (χ1n) is 7.36. The van der Waals surface area contributed by atoms with E-state index < -0.39 is 4.92 Å². The Kier molecular flexibility index (Phi) is 5.19. The van der Waals surface area contributed by atoms with Crippen molar-refractivity contribution in [2.45, 2.75) is 17.8 Å². The van der Waals surface area contributed by atoms with Crippen LogP contribution in [0.3, 0.4) is 0 Å². The predicted octanol–water partition coefficient (Wildman–Crippen LogP) is 3.32. The molecule has 0 saturated heterocycles. The summed E-state index contributed by atoms with van der Waals surface area (Å²) in [4.78, 5) is 10.3. The van der Waals surface area contributed by atoms with Gasteiger partial charge in [-0.05, 0) is 36.8 Å². The van der Waals surface area contributed by atoms with Gasteiger partial charge in [0, 0.05) is 22.8 Å². The zero-order valence-corrected chi connectivity index (χ0v) is 14.9. The number of thioether (sulfide) groups is 1. The number of nitrogens with zero attached hydrogens (tertiary/aromatic N) is 4. The topological polar surface area (TPSA) is 109 Å². The van der Waals surface area contributed by atoms with Crippen molar-refractivity contribution in [3.63, 3.8) is 0 Å². The van der Waals surface area contributed by atoms with E-state index in [1.54, 1.807) is 11.4 Å². The molecule has 3 aromatic rings. The maximum absolute atomic E-state index is 10.7. The molecule has 1 aromatic carbocycles. The zero-order chi connectivity index (χ0) is 17.8. The number of aromatic nitrogens is 3. The van der Waals surface area contributed by atoms with Crippen molar-refractivity contribution in [3.8, 4) is 17.1 Å². The van der Waals surface area contributed by atoms with Crippen LogP contribution in [0.5, 0.6) is 5.75 Å². The molecule has 0 aliphatic heterocycles. The maximum atomic E-state index is 10.7. The maximum Gasteiger partial charge on any atom is 0.324 e. The SMILES string of the molecule is CCOc1ccc(-c2nnc(SCc3csc([N+](=O)[O-])c3)n2N)cc1. The van der Waals surface area contributed by atoms with Gasteiger partial charge in [-0.1, -0.05) is 23.1 Å². The summed E-state index contributed by atoms with van der Waals surface area (Å²) in [6.45, 7) is 2.53. The van der Waals surface area contributed by atoms with Crippen molar-refractivity contribution < 1.29 is 9.66 Å². The van der Waals surface area contributed by atoms with Gasteiger partial charge in [-0.2, -0.15) is 0 Å². The molecule has 2 heterocycles. The molecule has 0 unspecified atom stereocenters. The second-order valence-electron chi connectivity index (χ2n) is 4.97. The quantitative estimate of drug-likeness (QED) is 0.291. The van der Waals surface area contributed by atoms with E-state index >= 15 is 0 Å². The Bertz CT molecular complexity index is 876. The standard InChI is InChI=1S/C15H15N5O3S2/c1-2-23-12-5-3-11(4-6-12)14-17-18-15(19(14)16)25-9-10-7-13(20(21)22)24-8-10/h3-8H,2,9,16H2,1H3. The van der Waals surface area contributed by atoms with E-state index in [-0.39, 0.29) is 5.00 Å². The fourth-order valence-corrected chi connectivity index (χ4v) is 3.74. The molecular weight excluding hydrogens is 362 g/mol. The fraction of sp³-hybridized carbons (Fsp3) is 0.200. The number of nitrogens with two attached hydrogens (primary N) is 1. The van der Waals surface area contributed by atoms with Crippen LogP contribution in [-0.4, -0.2) is 26.4 Å². The van der Waals surface area contributed by atoms with Crippen molar-refractivity contribution in [1.29, 1.82) is 0 Å². The van der Waals surface area contributed by atoms with Crippen LogP contribution in [0.4, 0.5) is 5.00 Å². The summed E-state index contributed by atoms with van der Waals surface area (Å²) in [6.07, 6.45) is 0. The van der Waals surface area contributed by atoms with Crippen LogP contribution in [0.15, 0.2) is 40.9 Å². The molecule has 2 aromatic heterocycles. The Morgan fingerprint density at radius 1 is 1.36 bits per heavy atom. The number of nitro groups is 1. The number of hydrogen-bond donors (Lipinski definition) is 1. The molecule has 0 spiro atoms. The monoisotopic (exact) mass is 377 g/mol. The van der Waals surface area contributed by atoms with Crippen LogP contribution in [0.2, 0.25) is 0 Å². The van der Waals surface area contributed by atoms with Gasteiger partial charge in [0.1, 0.15) is 5.75 Å². The lowest BCUT2D eigenvalue weighted by atomic mass is 10.2. The highest BCUT2D eigenvalue weighted by molar-refractivity contribution is 7.98. The van der Waals surface area contributed by atoms with Crippen LogP contribution in [0.25, 0.3) is 11.4 Å². The lowest BCUT2D eigenvalue weighted by molar-refractivity contribution is -0.380. The highest BCUT2D eigenvalue weighted by Gasteiger charge is 2.14. The summed E-state index contributed by atoms with van der Waals surface area (Å²) in [5.41, 5.74) is 1.68. The molecule has 0 bridgehead atoms. The van der Waals surface area contributed by atoms with Gasteiger partial charge in [0.05, 0.1) is 11.5 Å². The van der Waals surface area contributed by atoms with Gasteiger partial charge in [-0.15, -0.1) is 10.2 Å². The van der Waals surface area contributed by atoms with Crippen LogP contribution in [0.1, 0.15) is 12.5 Å². The van der Waals surface area contributed by atoms with E-state index in [4.69, 9.17) is 10.6 Å². The third-order valence-electron chi connectivity index (χ3n) is 3.28. The molecule has 3 rings (SSSR count). The Morgan fingerprint density at radius 3 is 2.76 bits per heavy atom. The Balaban J connectivity index is 1.70. The number of hydrogen-bond acceptors (Lipinski definition) is 8. The minimum atomic E-state index is -0.395. The molecule has 0 atom stereocenters. The fourth-order valence-electron chi connectivity index (χ4n) is 2.12. The Morgan fingerprint density at radius 2 is 2.12 bits per heavy atom. The van der Waals surface area contributed by atoms with Crippen molar-refractivity contribution in [2.75, 3.05) is 12.4 Å². The highest BCUT2D eigenvalue weighted by Crippen LogP contribution is 2.29. The third kappa shape index (κ3) is 3.91. The molecule has 0 aliphatic carbocycles. The molecule has 0 radical (unpaired) electrons. The van der Waals surface area contributed by atoms with E-state index in [1.165, 1.54) is 16.4 Å². The molecule has 8 nitrogen and oxygen atoms in total. The molecule has 10 heteroatoms. The summed E-state index contributed by atoms with van der Waals surface area (Å²) in [5.74, 6) is 7.94. The second kappa shape index (κ2) is 7.53. The Hall–Kier alpha value is -2.59. The van der Waals surface area contributed by atoms with Crippen LogP contribution in [0, 0.1) is 10.1 Å². The van der Waals surface area contributed by atoms with Crippen molar-refractivity contribution in [2.24, 2.45) is 0 Å². The minimum Gasteiger partial charge on any atom is -0.494 e. The van der Waals surface area contributed by atoms with Gasteiger partial charge in [-0.25, -0.2) is 4.68 Å². The van der Waals surface area contributed by atoms with Gasteiger partial charge < -0.3 is 10.6 Å². The van der Waals surface area contributed by atoms with Crippen molar-refractivity contribution in [3.05, 3.63) is 51.4 Å². The van der Waals surface area contributed by atoms with Crippen LogP contribution < -0.4 is 10.6 Å². The molecule has 130 valence electrons. The predicted molar refractivity (Wildman–Crippen MR) is 97.3 cm³/mol. The number of nitrogen functional groups attached to an aromatic ring is 1.